The van der Waals surface area contributed by atoms with Gasteiger partial charge >= 0.3 is 0 Å². The number of ketones is 1. The van der Waals surface area contributed by atoms with Gasteiger partial charge in [0.05, 0.1) is 13.2 Å². The SMILES string of the molecule is COCCOCC(=O)Cc1ccc(F)c([C@@]2(C(F)F)N=C(N)O[C@@H]3C[C@@H]32)c1. The lowest BCUT2D eigenvalue weighted by atomic mass is 9.83. The van der Waals surface area contributed by atoms with Crippen LogP contribution in [0.2, 0.25) is 0 Å². The monoisotopic (exact) mass is 386 g/mol. The van der Waals surface area contributed by atoms with Crippen LogP contribution in [0.3, 0.4) is 0 Å². The smallest absolute Gasteiger partial charge is 0.283 e. The summed E-state index contributed by atoms with van der Waals surface area (Å²) in [4.78, 5) is 15.8. The summed E-state index contributed by atoms with van der Waals surface area (Å²) in [5.41, 5.74) is 3.59. The molecule has 1 saturated carbocycles. The largest absolute Gasteiger partial charge is 0.462 e. The van der Waals surface area contributed by atoms with Crippen molar-refractivity contribution in [2.24, 2.45) is 16.6 Å². The summed E-state index contributed by atoms with van der Waals surface area (Å²) in [6.45, 7) is 0.483. The van der Waals surface area contributed by atoms with E-state index in [2.05, 4.69) is 4.99 Å². The number of hydrogen-bond acceptors (Lipinski definition) is 6. The van der Waals surface area contributed by atoms with Crippen LogP contribution in [-0.2, 0) is 31.0 Å². The highest BCUT2D eigenvalue weighted by molar-refractivity contribution is 5.82. The van der Waals surface area contributed by atoms with Crippen LogP contribution in [-0.4, -0.2) is 51.3 Å². The summed E-state index contributed by atoms with van der Waals surface area (Å²) >= 11 is 0. The van der Waals surface area contributed by atoms with Crippen LogP contribution >= 0.6 is 0 Å². The highest BCUT2D eigenvalue weighted by Crippen LogP contribution is 2.56. The summed E-state index contributed by atoms with van der Waals surface area (Å²) in [7, 11) is 1.51. The summed E-state index contributed by atoms with van der Waals surface area (Å²) < 4.78 is 57.7. The van der Waals surface area contributed by atoms with E-state index in [1.807, 2.05) is 0 Å². The molecule has 3 atom stereocenters. The number of benzene rings is 1. The van der Waals surface area contributed by atoms with E-state index in [-0.39, 0.29) is 37.0 Å². The average Bonchev–Trinajstić information content (AvgIpc) is 3.39. The lowest BCUT2D eigenvalue weighted by molar-refractivity contribution is -0.123. The van der Waals surface area contributed by atoms with Crippen LogP contribution in [0.25, 0.3) is 0 Å². The highest BCUT2D eigenvalue weighted by Gasteiger charge is 2.64. The Hall–Kier alpha value is -2.13. The van der Waals surface area contributed by atoms with E-state index in [1.165, 1.54) is 19.2 Å². The molecule has 27 heavy (non-hydrogen) atoms. The molecule has 6 nitrogen and oxygen atoms in total. The summed E-state index contributed by atoms with van der Waals surface area (Å²) in [5, 5.41) is 0. The maximum atomic E-state index is 14.5. The molecule has 1 aliphatic carbocycles. The van der Waals surface area contributed by atoms with Crippen molar-refractivity contribution < 1.29 is 32.2 Å². The molecule has 2 N–H and O–H groups in total. The van der Waals surface area contributed by atoms with Gasteiger partial charge in [0.1, 0.15) is 18.5 Å². The van der Waals surface area contributed by atoms with Gasteiger partial charge in [0.2, 0.25) is 0 Å². The molecule has 1 aliphatic heterocycles. The van der Waals surface area contributed by atoms with Gasteiger partial charge in [0.25, 0.3) is 12.4 Å². The van der Waals surface area contributed by atoms with Crippen molar-refractivity contribution >= 4 is 11.8 Å². The number of methoxy groups -OCH3 is 1. The van der Waals surface area contributed by atoms with Gasteiger partial charge in [-0.25, -0.2) is 18.2 Å². The third-order valence-electron chi connectivity index (χ3n) is 4.76. The number of fused-ring (bicyclic) bond motifs is 1. The van der Waals surface area contributed by atoms with Gasteiger partial charge in [-0.3, -0.25) is 4.79 Å². The molecule has 0 radical (unpaired) electrons. The van der Waals surface area contributed by atoms with Crippen LogP contribution in [0.4, 0.5) is 13.2 Å². The normalized spacial score (nSPS) is 26.3. The zero-order valence-electron chi connectivity index (χ0n) is 14.8. The maximum Gasteiger partial charge on any atom is 0.283 e. The first-order chi connectivity index (χ1) is 12.9. The topological polar surface area (TPSA) is 83.1 Å². The number of aliphatic imine (C=N–C) groups is 1. The molecular formula is C18H21F3N2O4. The third kappa shape index (κ3) is 3.93. The molecule has 0 unspecified atom stereocenters. The number of halogens is 3. The number of hydrogen-bond donors (Lipinski definition) is 1. The number of carbonyl (C=O) groups excluding carboxylic acids is 1. The zero-order valence-corrected chi connectivity index (χ0v) is 14.8. The van der Waals surface area contributed by atoms with Crippen molar-refractivity contribution in [1.29, 1.82) is 0 Å². The number of rotatable bonds is 9. The predicted molar refractivity (Wildman–Crippen MR) is 90.1 cm³/mol. The molecule has 0 saturated heterocycles. The van der Waals surface area contributed by atoms with E-state index < -0.39 is 29.8 Å². The average molecular weight is 386 g/mol. The molecule has 148 valence electrons. The summed E-state index contributed by atoms with van der Waals surface area (Å²) in [6, 6.07) is 3.36. The van der Waals surface area contributed by atoms with Crippen molar-refractivity contribution in [2.75, 3.05) is 26.9 Å². The van der Waals surface area contributed by atoms with Crippen LogP contribution in [0.5, 0.6) is 0 Å². The van der Waals surface area contributed by atoms with Gasteiger partial charge in [-0.05, 0) is 24.1 Å². The third-order valence-corrected chi connectivity index (χ3v) is 4.76. The molecular weight excluding hydrogens is 365 g/mol. The standard InChI is InChI=1S/C18H21F3N2O4/c1-25-4-5-26-9-11(24)6-10-2-3-14(19)12(7-10)18(16(20)21)13-8-15(13)27-17(22)23-18/h2-3,7,13,15-16H,4-6,8-9H2,1H3,(H2,22,23)/t13-,15+,18+/m0/s1. The molecule has 0 spiro atoms. The van der Waals surface area contributed by atoms with Crippen molar-refractivity contribution in [2.45, 2.75) is 30.9 Å². The fourth-order valence-corrected chi connectivity index (χ4v) is 3.40. The Bertz CT molecular complexity index is 743. The number of ether oxygens (including phenoxy) is 3. The molecule has 0 bridgehead atoms. The Balaban J connectivity index is 1.83. The van der Waals surface area contributed by atoms with E-state index in [1.54, 1.807) is 0 Å². The predicted octanol–water partition coefficient (Wildman–Crippen LogP) is 1.79. The van der Waals surface area contributed by atoms with Gasteiger partial charge < -0.3 is 19.9 Å². The number of amidine groups is 1. The van der Waals surface area contributed by atoms with E-state index in [9.17, 15) is 18.0 Å². The van der Waals surface area contributed by atoms with Gasteiger partial charge in [-0.2, -0.15) is 0 Å². The molecule has 3 rings (SSSR count). The minimum Gasteiger partial charge on any atom is -0.462 e. The van der Waals surface area contributed by atoms with E-state index in [4.69, 9.17) is 19.9 Å². The minimum atomic E-state index is -2.97. The van der Waals surface area contributed by atoms with E-state index in [0.717, 1.165) is 6.07 Å². The van der Waals surface area contributed by atoms with Crippen molar-refractivity contribution in [3.05, 3.63) is 35.1 Å². The Labute approximate surface area is 154 Å². The number of nitrogens with two attached hydrogens (primary N) is 1. The van der Waals surface area contributed by atoms with E-state index in [0.29, 0.717) is 18.6 Å². The zero-order chi connectivity index (χ0) is 19.6. The van der Waals surface area contributed by atoms with E-state index >= 15 is 0 Å². The van der Waals surface area contributed by atoms with Gasteiger partial charge in [0.15, 0.2) is 11.3 Å². The van der Waals surface area contributed by atoms with Gasteiger partial charge in [0, 0.05) is 25.0 Å². The molecule has 2 aliphatic rings. The Morgan fingerprint density at radius 3 is 2.93 bits per heavy atom. The molecule has 1 aromatic rings. The Kier molecular flexibility index (Phi) is 5.71. The van der Waals surface area contributed by atoms with Crippen LogP contribution in [0.1, 0.15) is 17.5 Å². The summed E-state index contributed by atoms with van der Waals surface area (Å²) in [5.74, 6) is -1.72. The first kappa shape index (κ1) is 19.6. The molecule has 0 aromatic heterocycles. The molecule has 1 fully saturated rings. The van der Waals surface area contributed by atoms with Crippen molar-refractivity contribution in [3.63, 3.8) is 0 Å². The first-order valence-corrected chi connectivity index (χ1v) is 8.56. The summed E-state index contributed by atoms with van der Waals surface area (Å²) in [6.07, 6.45) is -3.20. The van der Waals surface area contributed by atoms with Crippen molar-refractivity contribution in [1.82, 2.24) is 0 Å². The molecule has 1 heterocycles. The quantitative estimate of drug-likeness (QED) is 0.655. The maximum absolute atomic E-state index is 14.5. The second kappa shape index (κ2) is 7.85. The Morgan fingerprint density at radius 1 is 1.44 bits per heavy atom. The van der Waals surface area contributed by atoms with Crippen LogP contribution in [0.15, 0.2) is 23.2 Å². The first-order valence-electron chi connectivity index (χ1n) is 8.56. The minimum absolute atomic E-state index is 0.0661. The molecule has 1 aromatic carbocycles. The van der Waals surface area contributed by atoms with Crippen molar-refractivity contribution in [3.8, 4) is 0 Å². The molecule has 0 amide bonds. The second-order valence-corrected chi connectivity index (χ2v) is 6.65. The number of nitrogens with zero attached hydrogens (tertiary/aromatic N) is 1. The van der Waals surface area contributed by atoms with Gasteiger partial charge in [-0.15, -0.1) is 0 Å². The molecule has 9 heteroatoms. The number of carbonyl (C=O) groups is 1. The fraction of sp³-hybridized carbons (Fsp3) is 0.556. The number of Topliss-reactive ketones (excluding diaryl/α,β-unsaturated/α-hetero) is 1. The Morgan fingerprint density at radius 2 is 2.22 bits per heavy atom. The number of alkyl halides is 2. The second-order valence-electron chi connectivity index (χ2n) is 6.65. The van der Waals surface area contributed by atoms with Crippen LogP contribution < -0.4 is 5.73 Å². The lowest BCUT2D eigenvalue weighted by Gasteiger charge is -2.33. The lowest BCUT2D eigenvalue weighted by Crippen LogP contribution is -2.43. The van der Waals surface area contributed by atoms with Gasteiger partial charge in [-0.1, -0.05) is 6.07 Å². The fourth-order valence-electron chi connectivity index (χ4n) is 3.40. The van der Waals surface area contributed by atoms with Crippen LogP contribution in [0, 0.1) is 11.7 Å². The highest BCUT2D eigenvalue weighted by atomic mass is 19.3.